The highest BCUT2D eigenvalue weighted by Gasteiger charge is 2.50. The molecule has 2 aromatic rings. The minimum atomic E-state index is -2.19. The number of amides is 1. The Labute approximate surface area is 150 Å². The minimum absolute atomic E-state index is 0.00487. The molecule has 10 heteroatoms. The van der Waals surface area contributed by atoms with Crippen molar-refractivity contribution >= 4 is 21.7 Å². The van der Waals surface area contributed by atoms with Crippen LogP contribution in [0.15, 0.2) is 30.3 Å². The van der Waals surface area contributed by atoms with Gasteiger partial charge in [0.2, 0.25) is 4.88 Å². The molecule has 0 radical (unpaired) electrons. The van der Waals surface area contributed by atoms with Gasteiger partial charge in [0, 0.05) is 16.3 Å². The second-order valence-corrected chi connectivity index (χ2v) is 7.74. The number of thiophene rings is 1. The number of aliphatic hydroxyl groups is 1. The zero-order valence-electron chi connectivity index (χ0n) is 13.8. The fourth-order valence-electron chi connectivity index (χ4n) is 2.77. The average molecular weight is 382 g/mol. The molecular formula is C16H15FN2O6S. The number of carbonyl (C=O) groups excluding carboxylic acids is 1. The Morgan fingerprint density at radius 1 is 1.38 bits per heavy atom. The number of aliphatic hydroxyl groups excluding tert-OH is 1. The Bertz CT molecular complexity index is 880. The van der Waals surface area contributed by atoms with E-state index in [9.17, 15) is 29.0 Å². The second-order valence-electron chi connectivity index (χ2n) is 6.35. The molecule has 8 nitrogen and oxygen atoms in total. The standard InChI is InChI=1S/C16H15FN2O6S/c1-16(2)14(20)12(18-15(21)8-3-5-9(17)6-4-8)13-10(25-16)7-11(19(22)23)26(13)24/h3-7,12,14,20H,1-2H3,(H,18,21). The highest BCUT2D eigenvalue weighted by atomic mass is 32.2. The Balaban J connectivity index is 2.01. The lowest BCUT2D eigenvalue weighted by molar-refractivity contribution is -0.380. The number of hydrogen-bond donors (Lipinski definition) is 2. The summed E-state index contributed by atoms with van der Waals surface area (Å²) < 4.78 is 31.0. The maximum atomic E-state index is 13.0. The van der Waals surface area contributed by atoms with Gasteiger partial charge in [0.05, 0.1) is 0 Å². The topological polar surface area (TPSA) is 125 Å². The molecule has 1 aromatic carbocycles. The number of benzene rings is 1. The Morgan fingerprint density at radius 3 is 2.58 bits per heavy atom. The molecule has 0 spiro atoms. The first-order valence-electron chi connectivity index (χ1n) is 7.57. The van der Waals surface area contributed by atoms with Crippen LogP contribution >= 0.6 is 10.8 Å². The van der Waals surface area contributed by atoms with Crippen LogP contribution in [0.2, 0.25) is 0 Å². The Morgan fingerprint density at radius 2 is 2.00 bits per heavy atom. The van der Waals surface area contributed by atoms with Crippen molar-refractivity contribution in [2.24, 2.45) is 0 Å². The van der Waals surface area contributed by atoms with Crippen molar-refractivity contribution in [3.8, 4) is 5.75 Å². The number of ether oxygens (including phenoxy) is 1. The van der Waals surface area contributed by atoms with E-state index in [2.05, 4.69) is 5.32 Å². The van der Waals surface area contributed by atoms with Gasteiger partial charge in [-0.3, -0.25) is 14.9 Å². The number of nitro groups is 1. The van der Waals surface area contributed by atoms with Gasteiger partial charge in [-0.15, -0.1) is 0 Å². The molecule has 2 N–H and O–H groups in total. The van der Waals surface area contributed by atoms with Gasteiger partial charge in [0.15, 0.2) is 5.75 Å². The van der Waals surface area contributed by atoms with E-state index in [0.29, 0.717) is 0 Å². The van der Waals surface area contributed by atoms with Crippen molar-refractivity contribution in [3.63, 3.8) is 0 Å². The van der Waals surface area contributed by atoms with Gasteiger partial charge in [-0.25, -0.2) is 4.39 Å². The summed E-state index contributed by atoms with van der Waals surface area (Å²) in [5, 5.41) is 23.6. The number of halogens is 1. The summed E-state index contributed by atoms with van der Waals surface area (Å²) >= 11 is 0. The van der Waals surface area contributed by atoms with Crippen LogP contribution in [-0.2, 0) is 0 Å². The highest BCUT2D eigenvalue weighted by Crippen LogP contribution is 2.51. The van der Waals surface area contributed by atoms with E-state index in [1.807, 2.05) is 0 Å². The van der Waals surface area contributed by atoms with Crippen LogP contribution in [0, 0.1) is 15.9 Å². The molecule has 0 bridgehead atoms. The lowest BCUT2D eigenvalue weighted by atomic mass is 9.90. The molecule has 1 aliphatic rings. The fourth-order valence-corrected chi connectivity index (χ4v) is 4.04. The maximum Gasteiger partial charge on any atom is 0.466 e. The average Bonchev–Trinajstić information content (AvgIpc) is 2.88. The van der Waals surface area contributed by atoms with Gasteiger partial charge >= 0.3 is 5.00 Å². The molecule has 0 aliphatic carbocycles. The predicted octanol–water partition coefficient (Wildman–Crippen LogP) is 2.46. The zero-order chi connectivity index (χ0) is 19.2. The van der Waals surface area contributed by atoms with E-state index in [1.165, 1.54) is 12.1 Å². The molecule has 1 amide bonds. The van der Waals surface area contributed by atoms with Gasteiger partial charge < -0.3 is 19.7 Å². The monoisotopic (exact) mass is 382 g/mol. The molecule has 0 saturated carbocycles. The molecular weight excluding hydrogens is 367 g/mol. The van der Waals surface area contributed by atoms with E-state index < -0.39 is 50.1 Å². The lowest BCUT2D eigenvalue weighted by Crippen LogP contribution is -2.53. The summed E-state index contributed by atoms with van der Waals surface area (Å²) in [5.41, 5.74) is -1.07. The molecule has 0 fully saturated rings. The van der Waals surface area contributed by atoms with Crippen LogP contribution < -0.4 is 10.1 Å². The second kappa shape index (κ2) is 6.31. The number of nitrogens with zero attached hydrogens (tertiary/aromatic N) is 1. The van der Waals surface area contributed by atoms with Crippen LogP contribution in [0.4, 0.5) is 9.39 Å². The summed E-state index contributed by atoms with van der Waals surface area (Å²) in [6.45, 7) is 3.08. The molecule has 3 rings (SSSR count). The SMILES string of the molecule is CC1(C)Oc2cc([N+](=O)[O-])[s+]([O-])c2C(NC(=O)c2ccc(F)cc2)C1O. The maximum absolute atomic E-state index is 13.0. The number of nitrogens with one attached hydrogen (secondary N) is 1. The van der Waals surface area contributed by atoms with Crippen LogP contribution in [0.3, 0.4) is 0 Å². The molecule has 1 aliphatic heterocycles. The molecule has 138 valence electrons. The number of fused-ring (bicyclic) bond motifs is 1. The normalized spacial score (nSPS) is 21.5. The van der Waals surface area contributed by atoms with Crippen molar-refractivity contribution in [2.75, 3.05) is 0 Å². The summed E-state index contributed by atoms with van der Waals surface area (Å²) in [6.07, 6.45) is -1.31. The summed E-state index contributed by atoms with van der Waals surface area (Å²) in [6, 6.07) is 4.58. The number of carbonyl (C=O) groups is 1. The van der Waals surface area contributed by atoms with E-state index in [-0.39, 0.29) is 16.2 Å². The fraction of sp³-hybridized carbons (Fsp3) is 0.312. The van der Waals surface area contributed by atoms with Crippen molar-refractivity contribution in [2.45, 2.75) is 31.6 Å². The van der Waals surface area contributed by atoms with Gasteiger partial charge in [-0.2, -0.15) is 0 Å². The largest absolute Gasteiger partial charge is 0.585 e. The quantitative estimate of drug-likeness (QED) is 0.477. The van der Waals surface area contributed by atoms with Crippen molar-refractivity contribution < 1.29 is 28.5 Å². The predicted molar refractivity (Wildman–Crippen MR) is 89.1 cm³/mol. The first-order chi connectivity index (χ1) is 12.1. The minimum Gasteiger partial charge on any atom is -0.585 e. The van der Waals surface area contributed by atoms with E-state index in [1.54, 1.807) is 13.8 Å². The molecule has 1 aromatic heterocycles. The van der Waals surface area contributed by atoms with Crippen LogP contribution in [0.25, 0.3) is 0 Å². The third-order valence-electron chi connectivity index (χ3n) is 4.14. The van der Waals surface area contributed by atoms with Crippen molar-refractivity contribution in [1.29, 1.82) is 0 Å². The van der Waals surface area contributed by atoms with Gasteiger partial charge in [-0.1, -0.05) is 0 Å². The third-order valence-corrected chi connectivity index (χ3v) is 5.64. The smallest absolute Gasteiger partial charge is 0.466 e. The van der Waals surface area contributed by atoms with E-state index in [0.717, 1.165) is 18.2 Å². The summed E-state index contributed by atoms with van der Waals surface area (Å²) in [5.74, 6) is -1.17. The van der Waals surface area contributed by atoms with Gasteiger partial charge in [0.25, 0.3) is 5.91 Å². The van der Waals surface area contributed by atoms with Gasteiger partial charge in [-0.05, 0) is 38.1 Å². The Hall–Kier alpha value is -2.56. The summed E-state index contributed by atoms with van der Waals surface area (Å²) in [4.78, 5) is 22.6. The molecule has 26 heavy (non-hydrogen) atoms. The Kier molecular flexibility index (Phi) is 4.42. The van der Waals surface area contributed by atoms with E-state index >= 15 is 0 Å². The van der Waals surface area contributed by atoms with Crippen LogP contribution in [0.5, 0.6) is 5.75 Å². The molecule has 3 atom stereocenters. The molecule has 2 heterocycles. The van der Waals surface area contributed by atoms with Crippen molar-refractivity contribution in [3.05, 3.63) is 56.7 Å². The highest BCUT2D eigenvalue weighted by molar-refractivity contribution is 7.28. The molecule has 0 saturated heterocycles. The first kappa shape index (κ1) is 18.2. The summed E-state index contributed by atoms with van der Waals surface area (Å²) in [7, 11) is -2.19. The van der Waals surface area contributed by atoms with E-state index in [4.69, 9.17) is 4.74 Å². The first-order valence-corrected chi connectivity index (χ1v) is 8.72. The van der Waals surface area contributed by atoms with Gasteiger partial charge in [0.1, 0.15) is 34.6 Å². The number of rotatable bonds is 3. The van der Waals surface area contributed by atoms with Crippen LogP contribution in [0.1, 0.15) is 35.1 Å². The lowest BCUT2D eigenvalue weighted by Gasteiger charge is -2.39. The molecule has 3 unspecified atom stereocenters. The number of hydrogen-bond acceptors (Lipinski definition) is 6. The third kappa shape index (κ3) is 3.02. The van der Waals surface area contributed by atoms with Crippen LogP contribution in [-0.4, -0.2) is 32.2 Å². The van der Waals surface area contributed by atoms with Crippen molar-refractivity contribution in [1.82, 2.24) is 5.32 Å². The zero-order valence-corrected chi connectivity index (χ0v) is 14.6.